The molecular formula is C28H28F3N3O7S. The number of carboxylic acid groups (broad SMARTS) is 1. The largest absolute Gasteiger partial charge is 0.480 e. The Morgan fingerprint density at radius 3 is 2.52 bits per heavy atom. The lowest BCUT2D eigenvalue weighted by atomic mass is 10.0. The number of aromatic nitrogens is 3. The minimum Gasteiger partial charge on any atom is -0.480 e. The molecule has 1 atom stereocenters. The standard InChI is InChI=1S/C28H28F3N3O7S/c1-15-20-23(35)34(27(2,3)25(36)37)26(38)33(24(20)42-21(15)22-32-10-13-40-22)14-19(41-16-8-11-39-12-9-16)17-6-4-5-7-18(17)28(29,30)31/h4-7,10,13,16,19H,8-9,11-12,14H2,1-3H3,(H,36,37)/t19-/m0/s1. The van der Waals surface area contributed by atoms with Gasteiger partial charge in [0.25, 0.3) is 5.56 Å². The molecule has 10 nitrogen and oxygen atoms in total. The first-order valence-electron chi connectivity index (χ1n) is 13.1. The van der Waals surface area contributed by atoms with Crippen LogP contribution in [0.2, 0.25) is 0 Å². The van der Waals surface area contributed by atoms with E-state index < -0.39 is 53.2 Å². The van der Waals surface area contributed by atoms with Crippen LogP contribution in [0.1, 0.15) is 49.5 Å². The van der Waals surface area contributed by atoms with Gasteiger partial charge in [0, 0.05) is 13.2 Å². The predicted octanol–water partition coefficient (Wildman–Crippen LogP) is 4.96. The van der Waals surface area contributed by atoms with Gasteiger partial charge in [-0.15, -0.1) is 11.3 Å². The number of thiophene rings is 1. The van der Waals surface area contributed by atoms with Crippen molar-refractivity contribution in [2.24, 2.45) is 0 Å². The summed E-state index contributed by atoms with van der Waals surface area (Å²) in [6, 6.07) is 4.96. The van der Waals surface area contributed by atoms with Crippen molar-refractivity contribution in [2.75, 3.05) is 13.2 Å². The third-order valence-electron chi connectivity index (χ3n) is 7.41. The number of aliphatic carboxylic acids is 1. The molecule has 1 aromatic carbocycles. The van der Waals surface area contributed by atoms with E-state index in [1.54, 1.807) is 6.92 Å². The van der Waals surface area contributed by atoms with E-state index in [4.69, 9.17) is 13.9 Å². The second-order valence-electron chi connectivity index (χ2n) is 10.5. The fourth-order valence-electron chi connectivity index (χ4n) is 5.10. The average Bonchev–Trinajstić information content (AvgIpc) is 3.58. The van der Waals surface area contributed by atoms with Crippen molar-refractivity contribution in [3.8, 4) is 10.8 Å². The van der Waals surface area contributed by atoms with Crippen molar-refractivity contribution in [3.63, 3.8) is 0 Å². The molecule has 0 radical (unpaired) electrons. The molecule has 0 spiro atoms. The molecule has 4 heterocycles. The van der Waals surface area contributed by atoms with Gasteiger partial charge in [-0.1, -0.05) is 18.2 Å². The number of rotatable bonds is 8. The number of alkyl halides is 3. The van der Waals surface area contributed by atoms with Crippen LogP contribution < -0.4 is 11.2 Å². The Morgan fingerprint density at radius 1 is 1.21 bits per heavy atom. The number of hydrogen-bond acceptors (Lipinski definition) is 8. The highest BCUT2D eigenvalue weighted by molar-refractivity contribution is 7.22. The van der Waals surface area contributed by atoms with Gasteiger partial charge in [-0.25, -0.2) is 19.1 Å². The highest BCUT2D eigenvalue weighted by Crippen LogP contribution is 2.39. The number of fused-ring (bicyclic) bond motifs is 1. The zero-order valence-electron chi connectivity index (χ0n) is 22.9. The third kappa shape index (κ3) is 5.29. The number of carbonyl (C=O) groups is 1. The summed E-state index contributed by atoms with van der Waals surface area (Å²) in [5.41, 5.74) is -4.54. The molecule has 1 saturated heterocycles. The summed E-state index contributed by atoms with van der Waals surface area (Å²) < 4.78 is 61.3. The number of aryl methyl sites for hydroxylation is 1. The monoisotopic (exact) mass is 607 g/mol. The van der Waals surface area contributed by atoms with E-state index in [9.17, 15) is 32.7 Å². The average molecular weight is 608 g/mol. The molecule has 0 amide bonds. The molecular weight excluding hydrogens is 579 g/mol. The van der Waals surface area contributed by atoms with E-state index in [1.165, 1.54) is 44.5 Å². The maximum absolute atomic E-state index is 14.2. The molecule has 5 rings (SSSR count). The number of nitrogens with zero attached hydrogens (tertiary/aromatic N) is 3. The van der Waals surface area contributed by atoms with Gasteiger partial charge < -0.3 is 19.0 Å². The number of benzene rings is 1. The number of carboxylic acids is 1. The minimum atomic E-state index is -4.71. The van der Waals surface area contributed by atoms with E-state index in [0.29, 0.717) is 41.1 Å². The van der Waals surface area contributed by atoms with Gasteiger partial charge in [0.15, 0.2) is 0 Å². The Balaban J connectivity index is 1.78. The summed E-state index contributed by atoms with van der Waals surface area (Å²) in [7, 11) is 0. The Hall–Kier alpha value is -3.75. The Bertz CT molecular complexity index is 1730. The maximum atomic E-state index is 14.2. The second-order valence-corrected chi connectivity index (χ2v) is 11.5. The zero-order chi connectivity index (χ0) is 30.4. The second kappa shape index (κ2) is 11.2. The first-order chi connectivity index (χ1) is 19.8. The molecule has 1 aliphatic rings. The molecule has 1 aliphatic heterocycles. The summed E-state index contributed by atoms with van der Waals surface area (Å²) >= 11 is 1.01. The molecule has 0 unspecified atom stereocenters. The normalized spacial score (nSPS) is 15.8. The highest BCUT2D eigenvalue weighted by atomic mass is 32.1. The van der Waals surface area contributed by atoms with Gasteiger partial charge >= 0.3 is 17.8 Å². The lowest BCUT2D eigenvalue weighted by Gasteiger charge is -2.30. The molecule has 14 heteroatoms. The first kappa shape index (κ1) is 29.7. The van der Waals surface area contributed by atoms with Crippen molar-refractivity contribution in [2.45, 2.75) is 64.1 Å². The molecule has 1 fully saturated rings. The molecule has 0 aliphatic carbocycles. The lowest BCUT2D eigenvalue weighted by Crippen LogP contribution is -2.52. The zero-order valence-corrected chi connectivity index (χ0v) is 23.8. The van der Waals surface area contributed by atoms with Crippen LogP contribution in [0.5, 0.6) is 0 Å². The molecule has 0 saturated carbocycles. The summed E-state index contributed by atoms with van der Waals surface area (Å²) in [6.45, 7) is 4.33. The highest BCUT2D eigenvalue weighted by Gasteiger charge is 2.39. The van der Waals surface area contributed by atoms with E-state index in [2.05, 4.69) is 4.98 Å². The Kier molecular flexibility index (Phi) is 7.89. The van der Waals surface area contributed by atoms with Crippen LogP contribution >= 0.6 is 11.3 Å². The van der Waals surface area contributed by atoms with Crippen LogP contribution in [-0.2, 0) is 32.5 Å². The summed E-state index contributed by atoms with van der Waals surface area (Å²) in [5.74, 6) is -1.26. The maximum Gasteiger partial charge on any atom is 0.416 e. The molecule has 42 heavy (non-hydrogen) atoms. The van der Waals surface area contributed by atoms with Gasteiger partial charge in [0.2, 0.25) is 5.89 Å². The van der Waals surface area contributed by atoms with E-state index in [-0.39, 0.29) is 21.7 Å². The number of halogens is 3. The van der Waals surface area contributed by atoms with Crippen molar-refractivity contribution >= 4 is 27.5 Å². The molecule has 4 aromatic rings. The predicted molar refractivity (Wildman–Crippen MR) is 147 cm³/mol. The SMILES string of the molecule is Cc1c(-c2ncco2)sc2c1c(=O)n(C(C)(C)C(=O)O)c(=O)n2C[C@H](OC1CCOCC1)c1ccccc1C(F)(F)F. The topological polar surface area (TPSA) is 126 Å². The molecule has 1 N–H and O–H groups in total. The Labute approximate surface area is 240 Å². The van der Waals surface area contributed by atoms with Crippen LogP contribution in [0.3, 0.4) is 0 Å². The van der Waals surface area contributed by atoms with Crippen LogP contribution in [0.15, 0.2) is 50.7 Å². The van der Waals surface area contributed by atoms with Gasteiger partial charge in [0.1, 0.15) is 22.7 Å². The van der Waals surface area contributed by atoms with Crippen molar-refractivity contribution in [1.29, 1.82) is 0 Å². The van der Waals surface area contributed by atoms with E-state index in [0.717, 1.165) is 22.0 Å². The van der Waals surface area contributed by atoms with Crippen LogP contribution in [0.25, 0.3) is 21.0 Å². The smallest absolute Gasteiger partial charge is 0.416 e. The lowest BCUT2D eigenvalue weighted by molar-refractivity contribution is -0.146. The number of hydrogen-bond donors (Lipinski definition) is 1. The van der Waals surface area contributed by atoms with Crippen molar-refractivity contribution in [3.05, 3.63) is 74.3 Å². The summed E-state index contributed by atoms with van der Waals surface area (Å²) in [4.78, 5) is 44.7. The van der Waals surface area contributed by atoms with Gasteiger partial charge in [-0.05, 0) is 50.8 Å². The molecule has 224 valence electrons. The van der Waals surface area contributed by atoms with E-state index in [1.807, 2.05) is 0 Å². The Morgan fingerprint density at radius 2 is 1.90 bits per heavy atom. The fraction of sp³-hybridized carbons (Fsp3) is 0.429. The van der Waals surface area contributed by atoms with Gasteiger partial charge in [0.05, 0.1) is 34.7 Å². The molecule has 0 bridgehead atoms. The van der Waals surface area contributed by atoms with E-state index >= 15 is 0 Å². The van der Waals surface area contributed by atoms with Gasteiger partial charge in [-0.2, -0.15) is 13.2 Å². The van der Waals surface area contributed by atoms with Crippen LogP contribution in [0.4, 0.5) is 13.2 Å². The molecule has 3 aromatic heterocycles. The summed E-state index contributed by atoms with van der Waals surface area (Å²) in [5, 5.41) is 9.98. The summed E-state index contributed by atoms with van der Waals surface area (Å²) in [6.07, 6.45) is -2.83. The van der Waals surface area contributed by atoms with Crippen LogP contribution in [0, 0.1) is 6.92 Å². The van der Waals surface area contributed by atoms with Crippen molar-refractivity contribution in [1.82, 2.24) is 14.1 Å². The number of oxazole rings is 1. The van der Waals surface area contributed by atoms with Crippen molar-refractivity contribution < 1.29 is 37.0 Å². The first-order valence-corrected chi connectivity index (χ1v) is 14.0. The number of ether oxygens (including phenoxy) is 2. The van der Waals surface area contributed by atoms with Gasteiger partial charge in [-0.3, -0.25) is 9.36 Å². The fourth-order valence-corrected chi connectivity index (χ4v) is 6.34. The minimum absolute atomic E-state index is 0.0380. The van der Waals surface area contributed by atoms with Crippen LogP contribution in [-0.4, -0.2) is 44.5 Å². The quantitative estimate of drug-likeness (QED) is 0.298. The third-order valence-corrected chi connectivity index (χ3v) is 8.71.